The van der Waals surface area contributed by atoms with E-state index in [-0.39, 0.29) is 60.3 Å². The summed E-state index contributed by atoms with van der Waals surface area (Å²) in [6.45, 7) is 15.9. The van der Waals surface area contributed by atoms with Crippen LogP contribution in [-0.2, 0) is 51.2 Å². The van der Waals surface area contributed by atoms with Crippen molar-refractivity contribution in [2.45, 2.75) is 104 Å². The Bertz CT molecular complexity index is 2550. The van der Waals surface area contributed by atoms with Crippen LogP contribution in [0.2, 0.25) is 0 Å². The van der Waals surface area contributed by atoms with Crippen molar-refractivity contribution in [3.63, 3.8) is 0 Å². The van der Waals surface area contributed by atoms with Gasteiger partial charge in [0.15, 0.2) is 0 Å². The maximum atomic E-state index is 15.4. The standard InChI is InChI=1S/C62H78F2N6O12/c1-43(2)41-79-53-19-11-47(12-20-53)55(57(71)69(39-45-7-15-49(63)16-8-45)51-23-31-65(32-24-51)27-5-29-67-35-37-77-61(67)75)81-59(73)60(74)82-56(48-13-21-54(22-14-48)80-42-44(3)4)58(72)70(40-46-9-17-50(64)18-10-46)52-25-33-66(34-26-52)28-6-30-68-36-38-78-62(68)76/h7-22,43-44,51-52,55-56H,5-6,23-42H2,1-4H3. The van der Waals surface area contributed by atoms with Crippen LogP contribution in [0.1, 0.15) is 101 Å². The van der Waals surface area contributed by atoms with Crippen LogP contribution >= 0.6 is 0 Å². The lowest BCUT2D eigenvalue weighted by atomic mass is 9.99. The van der Waals surface area contributed by atoms with E-state index in [2.05, 4.69) is 9.80 Å². The molecule has 4 amide bonds. The molecule has 4 saturated heterocycles. The minimum absolute atomic E-state index is 0.0280. The number of rotatable bonds is 26. The van der Waals surface area contributed by atoms with Crippen molar-refractivity contribution >= 4 is 35.9 Å². The second kappa shape index (κ2) is 29.6. The van der Waals surface area contributed by atoms with Gasteiger partial charge in [0.2, 0.25) is 12.2 Å². The van der Waals surface area contributed by atoms with Crippen molar-refractivity contribution in [3.8, 4) is 11.5 Å². The Hall–Kier alpha value is -7.32. The lowest BCUT2D eigenvalue weighted by molar-refractivity contribution is -0.181. The molecular weight excluding hydrogens is 1060 g/mol. The highest BCUT2D eigenvalue weighted by Gasteiger charge is 2.40. The third-order valence-corrected chi connectivity index (χ3v) is 15.2. The van der Waals surface area contributed by atoms with Crippen molar-refractivity contribution in [3.05, 3.63) is 131 Å². The summed E-state index contributed by atoms with van der Waals surface area (Å²) in [6.07, 6.45) is -0.365. The van der Waals surface area contributed by atoms with Gasteiger partial charge < -0.3 is 57.8 Å². The Morgan fingerprint density at radius 2 is 0.866 bits per heavy atom. The van der Waals surface area contributed by atoms with Crippen LogP contribution < -0.4 is 9.47 Å². The minimum atomic E-state index is -1.69. The molecule has 2 atom stereocenters. The zero-order valence-corrected chi connectivity index (χ0v) is 47.6. The third-order valence-electron chi connectivity index (χ3n) is 15.2. The smallest absolute Gasteiger partial charge is 0.418 e. The molecule has 4 aliphatic heterocycles. The Kier molecular flexibility index (Phi) is 21.9. The molecule has 18 nitrogen and oxygen atoms in total. The number of esters is 2. The van der Waals surface area contributed by atoms with Gasteiger partial charge in [-0.1, -0.05) is 76.2 Å². The first-order valence-electron chi connectivity index (χ1n) is 28.8. The van der Waals surface area contributed by atoms with Crippen LogP contribution in [0.25, 0.3) is 0 Å². The van der Waals surface area contributed by atoms with Gasteiger partial charge in [0, 0.05) is 75.6 Å². The zero-order valence-electron chi connectivity index (χ0n) is 47.6. The van der Waals surface area contributed by atoms with Gasteiger partial charge in [0.1, 0.15) is 36.3 Å². The number of likely N-dealkylation sites (tertiary alicyclic amines) is 2. The maximum Gasteiger partial charge on any atom is 0.418 e. The highest BCUT2D eigenvalue weighted by molar-refractivity contribution is 6.30. The number of amides is 4. The summed E-state index contributed by atoms with van der Waals surface area (Å²) in [5.74, 6) is -3.75. The molecule has 4 aliphatic rings. The highest BCUT2D eigenvalue weighted by atomic mass is 19.1. The van der Waals surface area contributed by atoms with Gasteiger partial charge in [-0.15, -0.1) is 0 Å². The van der Waals surface area contributed by atoms with Crippen LogP contribution in [0.3, 0.4) is 0 Å². The fraction of sp³-hybridized carbons (Fsp3) is 0.516. The van der Waals surface area contributed by atoms with E-state index in [1.54, 1.807) is 92.4 Å². The predicted octanol–water partition coefficient (Wildman–Crippen LogP) is 8.57. The Morgan fingerprint density at radius 3 is 1.18 bits per heavy atom. The van der Waals surface area contributed by atoms with Crippen LogP contribution in [0.15, 0.2) is 97.1 Å². The molecule has 442 valence electrons. The molecule has 4 heterocycles. The van der Waals surface area contributed by atoms with Gasteiger partial charge in [-0.05, 0) is 123 Å². The molecule has 0 saturated carbocycles. The SMILES string of the molecule is CC(C)COc1ccc(C(OC(=O)C(=O)OC(C(=O)N(Cc2ccc(F)cc2)C2CCN(CCCN3CCOC3=O)CC2)c2ccc(OCC(C)C)cc2)C(=O)N(Cc2ccc(F)cc2)C2CCN(CCCN3CCOC3=O)CC2)cc1. The summed E-state index contributed by atoms with van der Waals surface area (Å²) in [5.41, 5.74) is 1.73. The summed E-state index contributed by atoms with van der Waals surface area (Å²) in [6, 6.07) is 23.9. The van der Waals surface area contributed by atoms with Crippen molar-refractivity contribution in [2.75, 3.05) is 91.9 Å². The highest BCUT2D eigenvalue weighted by Crippen LogP contribution is 2.32. The van der Waals surface area contributed by atoms with Gasteiger partial charge in [-0.25, -0.2) is 28.0 Å². The van der Waals surface area contributed by atoms with E-state index in [0.29, 0.717) is 127 Å². The molecule has 0 aromatic heterocycles. The first kappa shape index (κ1) is 60.8. The molecule has 4 aromatic carbocycles. The van der Waals surface area contributed by atoms with Crippen LogP contribution in [0.4, 0.5) is 18.4 Å². The lowest BCUT2D eigenvalue weighted by Crippen LogP contribution is -2.50. The Balaban J connectivity index is 1.05. The Morgan fingerprint density at radius 1 is 0.512 bits per heavy atom. The van der Waals surface area contributed by atoms with E-state index in [4.69, 9.17) is 28.4 Å². The fourth-order valence-electron chi connectivity index (χ4n) is 10.6. The number of cyclic esters (lactones) is 2. The number of nitrogens with zero attached hydrogens (tertiary/aromatic N) is 6. The molecule has 82 heavy (non-hydrogen) atoms. The van der Waals surface area contributed by atoms with E-state index < -0.39 is 47.6 Å². The monoisotopic (exact) mass is 1140 g/mol. The fourth-order valence-corrected chi connectivity index (χ4v) is 10.6. The number of carbonyl (C=O) groups is 6. The first-order valence-corrected chi connectivity index (χ1v) is 28.8. The number of hydrogen-bond acceptors (Lipinski definition) is 14. The molecule has 0 N–H and O–H groups in total. The predicted molar refractivity (Wildman–Crippen MR) is 299 cm³/mol. The van der Waals surface area contributed by atoms with E-state index in [1.807, 2.05) is 27.7 Å². The molecule has 0 radical (unpaired) electrons. The van der Waals surface area contributed by atoms with Gasteiger partial charge in [0.05, 0.1) is 26.3 Å². The average molecular weight is 1140 g/mol. The molecule has 4 aromatic rings. The zero-order chi connectivity index (χ0) is 58.1. The van der Waals surface area contributed by atoms with Crippen molar-refractivity contribution in [2.24, 2.45) is 11.8 Å². The van der Waals surface area contributed by atoms with E-state index in [9.17, 15) is 28.0 Å². The van der Waals surface area contributed by atoms with Gasteiger partial charge in [0.25, 0.3) is 11.8 Å². The van der Waals surface area contributed by atoms with E-state index >= 15 is 9.59 Å². The molecule has 0 bridgehead atoms. The number of halogens is 2. The molecule has 0 aliphatic carbocycles. The number of hydrogen-bond donors (Lipinski definition) is 0. The summed E-state index contributed by atoms with van der Waals surface area (Å²) in [5, 5.41) is 0. The van der Waals surface area contributed by atoms with Crippen molar-refractivity contribution in [1.29, 1.82) is 0 Å². The molecule has 2 unspecified atom stereocenters. The van der Waals surface area contributed by atoms with Gasteiger partial charge in [-0.2, -0.15) is 0 Å². The minimum Gasteiger partial charge on any atom is -0.493 e. The summed E-state index contributed by atoms with van der Waals surface area (Å²) in [7, 11) is 0. The van der Waals surface area contributed by atoms with E-state index in [0.717, 1.165) is 25.9 Å². The van der Waals surface area contributed by atoms with Gasteiger partial charge in [-0.3, -0.25) is 9.59 Å². The van der Waals surface area contributed by atoms with Gasteiger partial charge >= 0.3 is 24.1 Å². The number of piperidine rings is 2. The van der Waals surface area contributed by atoms with Crippen LogP contribution in [-0.4, -0.2) is 169 Å². The van der Waals surface area contributed by atoms with Crippen LogP contribution in [0, 0.1) is 23.5 Å². The summed E-state index contributed by atoms with van der Waals surface area (Å²) >= 11 is 0. The van der Waals surface area contributed by atoms with Crippen LogP contribution in [0.5, 0.6) is 11.5 Å². The second-order valence-corrected chi connectivity index (χ2v) is 22.4. The quantitative estimate of drug-likeness (QED) is 0.0332. The number of ether oxygens (including phenoxy) is 6. The van der Waals surface area contributed by atoms with Crippen molar-refractivity contribution in [1.82, 2.24) is 29.4 Å². The largest absolute Gasteiger partial charge is 0.493 e. The summed E-state index contributed by atoms with van der Waals surface area (Å²) < 4.78 is 62.8. The number of carbonyl (C=O) groups excluding carboxylic acids is 6. The second-order valence-electron chi connectivity index (χ2n) is 22.4. The lowest BCUT2D eigenvalue weighted by Gasteiger charge is -2.40. The van der Waals surface area contributed by atoms with Crippen molar-refractivity contribution < 1.29 is 66.0 Å². The third kappa shape index (κ3) is 17.4. The average Bonchev–Trinajstić information content (AvgIpc) is 4.20. The molecule has 8 rings (SSSR count). The molecule has 4 fully saturated rings. The Labute approximate surface area is 479 Å². The first-order chi connectivity index (χ1) is 39.6. The number of benzene rings is 4. The topological polar surface area (TPSA) is 177 Å². The normalized spacial score (nSPS) is 17.1. The maximum absolute atomic E-state index is 15.4. The molecule has 20 heteroatoms. The summed E-state index contributed by atoms with van der Waals surface area (Å²) in [4.78, 5) is 95.2. The molecule has 0 spiro atoms. The van der Waals surface area contributed by atoms with E-state index in [1.165, 1.54) is 24.3 Å². The molecular formula is C62H78F2N6O12.